The predicted octanol–water partition coefficient (Wildman–Crippen LogP) is 3.92. The SMILES string of the molecule is O[C@H]1CCCC[C@H]1c1cc2ccccc2s1. The van der Waals surface area contributed by atoms with E-state index in [0.29, 0.717) is 5.92 Å². The molecule has 1 aliphatic rings. The van der Waals surface area contributed by atoms with Crippen LogP contribution in [0.3, 0.4) is 0 Å². The minimum absolute atomic E-state index is 0.123. The molecule has 84 valence electrons. The molecule has 3 rings (SSSR count). The van der Waals surface area contributed by atoms with E-state index in [1.54, 1.807) is 0 Å². The zero-order valence-corrected chi connectivity index (χ0v) is 10.0. The Bertz CT molecular complexity index is 455. The molecule has 16 heavy (non-hydrogen) atoms. The highest BCUT2D eigenvalue weighted by Gasteiger charge is 2.25. The monoisotopic (exact) mass is 232 g/mol. The van der Waals surface area contributed by atoms with Crippen molar-refractivity contribution in [3.05, 3.63) is 35.2 Å². The second-order valence-electron chi connectivity index (χ2n) is 4.64. The molecule has 0 bridgehead atoms. The van der Waals surface area contributed by atoms with Crippen LogP contribution in [-0.2, 0) is 0 Å². The fourth-order valence-electron chi connectivity index (χ4n) is 2.63. The summed E-state index contributed by atoms with van der Waals surface area (Å²) in [5, 5.41) is 11.4. The number of benzene rings is 1. The van der Waals surface area contributed by atoms with Gasteiger partial charge >= 0.3 is 0 Å². The lowest BCUT2D eigenvalue weighted by Gasteiger charge is -2.26. The van der Waals surface area contributed by atoms with Crippen LogP contribution >= 0.6 is 11.3 Å². The van der Waals surface area contributed by atoms with E-state index < -0.39 is 0 Å². The normalized spacial score (nSPS) is 26.1. The van der Waals surface area contributed by atoms with E-state index in [0.717, 1.165) is 12.8 Å². The number of hydrogen-bond donors (Lipinski definition) is 1. The second-order valence-corrected chi connectivity index (χ2v) is 5.76. The highest BCUT2D eigenvalue weighted by atomic mass is 32.1. The molecule has 0 aliphatic heterocycles. The standard InChI is InChI=1S/C14H16OS/c15-12-7-3-2-6-11(12)14-9-10-5-1-4-8-13(10)16-14/h1,4-5,8-9,11-12,15H,2-3,6-7H2/t11-,12+/m1/s1. The third-order valence-electron chi connectivity index (χ3n) is 3.54. The second kappa shape index (κ2) is 4.19. The smallest absolute Gasteiger partial charge is 0.0616 e. The Morgan fingerprint density at radius 3 is 2.75 bits per heavy atom. The first kappa shape index (κ1) is 10.3. The third kappa shape index (κ3) is 1.76. The fourth-order valence-corrected chi connectivity index (χ4v) is 3.89. The average Bonchev–Trinajstić information content (AvgIpc) is 2.73. The van der Waals surface area contributed by atoms with Gasteiger partial charge in [0.05, 0.1) is 6.10 Å². The van der Waals surface area contributed by atoms with Crippen LogP contribution in [0.2, 0.25) is 0 Å². The maximum atomic E-state index is 10.1. The summed E-state index contributed by atoms with van der Waals surface area (Å²) in [6, 6.07) is 10.7. The number of hydrogen-bond acceptors (Lipinski definition) is 2. The highest BCUT2D eigenvalue weighted by Crippen LogP contribution is 2.38. The van der Waals surface area contributed by atoms with Gasteiger partial charge in [-0.3, -0.25) is 0 Å². The number of aliphatic hydroxyl groups excluding tert-OH is 1. The molecular weight excluding hydrogens is 216 g/mol. The van der Waals surface area contributed by atoms with Gasteiger partial charge in [0.25, 0.3) is 0 Å². The molecule has 1 nitrogen and oxygen atoms in total. The van der Waals surface area contributed by atoms with Crippen LogP contribution in [0.5, 0.6) is 0 Å². The van der Waals surface area contributed by atoms with E-state index in [2.05, 4.69) is 30.3 Å². The summed E-state index contributed by atoms with van der Waals surface area (Å²) in [4.78, 5) is 1.37. The molecule has 1 saturated carbocycles. The predicted molar refractivity (Wildman–Crippen MR) is 69.0 cm³/mol. The average molecular weight is 232 g/mol. The number of fused-ring (bicyclic) bond motifs is 1. The van der Waals surface area contributed by atoms with Gasteiger partial charge in [0.1, 0.15) is 0 Å². The van der Waals surface area contributed by atoms with Crippen LogP contribution in [-0.4, -0.2) is 11.2 Å². The van der Waals surface area contributed by atoms with Crippen molar-refractivity contribution in [1.29, 1.82) is 0 Å². The molecule has 0 spiro atoms. The van der Waals surface area contributed by atoms with Gasteiger partial charge in [-0.15, -0.1) is 11.3 Å². The molecule has 2 heteroatoms. The highest BCUT2D eigenvalue weighted by molar-refractivity contribution is 7.19. The molecule has 0 unspecified atom stereocenters. The minimum Gasteiger partial charge on any atom is -0.392 e. The molecule has 1 N–H and O–H groups in total. The van der Waals surface area contributed by atoms with E-state index in [-0.39, 0.29) is 6.10 Å². The zero-order valence-electron chi connectivity index (χ0n) is 9.23. The Balaban J connectivity index is 1.98. The van der Waals surface area contributed by atoms with Crippen LogP contribution in [0.15, 0.2) is 30.3 Å². The Morgan fingerprint density at radius 1 is 1.12 bits per heavy atom. The van der Waals surface area contributed by atoms with Crippen molar-refractivity contribution in [2.75, 3.05) is 0 Å². The van der Waals surface area contributed by atoms with E-state index in [1.165, 1.54) is 27.8 Å². The van der Waals surface area contributed by atoms with Crippen molar-refractivity contribution >= 4 is 21.4 Å². The Kier molecular flexibility index (Phi) is 2.70. The summed E-state index contributed by atoms with van der Waals surface area (Å²) in [5.41, 5.74) is 0. The van der Waals surface area contributed by atoms with Crippen molar-refractivity contribution in [3.63, 3.8) is 0 Å². The molecular formula is C14H16OS. The van der Waals surface area contributed by atoms with Crippen LogP contribution in [0, 0.1) is 0 Å². The first-order valence-corrected chi connectivity index (χ1v) is 6.83. The third-order valence-corrected chi connectivity index (χ3v) is 4.79. The first-order valence-electron chi connectivity index (χ1n) is 6.01. The van der Waals surface area contributed by atoms with E-state index >= 15 is 0 Å². The molecule has 1 aromatic carbocycles. The van der Waals surface area contributed by atoms with Crippen molar-refractivity contribution in [3.8, 4) is 0 Å². The van der Waals surface area contributed by atoms with Crippen LogP contribution in [0.1, 0.15) is 36.5 Å². The molecule has 0 saturated heterocycles. The first-order chi connectivity index (χ1) is 7.84. The number of aliphatic hydroxyl groups is 1. The minimum atomic E-state index is -0.123. The van der Waals surface area contributed by atoms with Crippen LogP contribution in [0.25, 0.3) is 10.1 Å². The summed E-state index contributed by atoms with van der Waals surface area (Å²) in [6.07, 6.45) is 4.44. The van der Waals surface area contributed by atoms with Gasteiger partial charge in [-0.1, -0.05) is 31.0 Å². The van der Waals surface area contributed by atoms with Gasteiger partial charge in [-0.2, -0.15) is 0 Å². The summed E-state index contributed by atoms with van der Waals surface area (Å²) in [5.74, 6) is 0.381. The van der Waals surface area contributed by atoms with Crippen molar-refractivity contribution in [2.24, 2.45) is 0 Å². The van der Waals surface area contributed by atoms with Gasteiger partial charge in [0, 0.05) is 15.5 Å². The van der Waals surface area contributed by atoms with Crippen LogP contribution < -0.4 is 0 Å². The maximum absolute atomic E-state index is 10.1. The van der Waals surface area contributed by atoms with Gasteiger partial charge in [-0.25, -0.2) is 0 Å². The van der Waals surface area contributed by atoms with Gasteiger partial charge in [-0.05, 0) is 30.4 Å². The number of thiophene rings is 1. The summed E-state index contributed by atoms with van der Waals surface area (Å²) in [6.45, 7) is 0. The summed E-state index contributed by atoms with van der Waals surface area (Å²) >= 11 is 1.85. The van der Waals surface area contributed by atoms with E-state index in [1.807, 2.05) is 11.3 Å². The van der Waals surface area contributed by atoms with Crippen molar-refractivity contribution in [2.45, 2.75) is 37.7 Å². The Labute approximate surface area is 99.7 Å². The fraction of sp³-hybridized carbons (Fsp3) is 0.429. The van der Waals surface area contributed by atoms with E-state index in [4.69, 9.17) is 0 Å². The van der Waals surface area contributed by atoms with Gasteiger partial charge < -0.3 is 5.11 Å². The summed E-state index contributed by atoms with van der Waals surface area (Å²) < 4.78 is 1.34. The van der Waals surface area contributed by atoms with Gasteiger partial charge in [0.2, 0.25) is 0 Å². The van der Waals surface area contributed by atoms with Gasteiger partial charge in [0.15, 0.2) is 0 Å². The van der Waals surface area contributed by atoms with Crippen molar-refractivity contribution in [1.82, 2.24) is 0 Å². The van der Waals surface area contributed by atoms with Crippen LogP contribution in [0.4, 0.5) is 0 Å². The Hall–Kier alpha value is -0.860. The zero-order chi connectivity index (χ0) is 11.0. The Morgan fingerprint density at radius 2 is 1.94 bits per heavy atom. The van der Waals surface area contributed by atoms with Crippen molar-refractivity contribution < 1.29 is 5.11 Å². The summed E-state index contributed by atoms with van der Waals surface area (Å²) in [7, 11) is 0. The lowest BCUT2D eigenvalue weighted by molar-refractivity contribution is 0.107. The molecule has 1 aliphatic carbocycles. The topological polar surface area (TPSA) is 20.2 Å². The maximum Gasteiger partial charge on any atom is 0.0616 e. The molecule has 0 radical (unpaired) electrons. The quantitative estimate of drug-likeness (QED) is 0.790. The molecule has 0 amide bonds. The molecule has 2 aromatic rings. The lowest BCUT2D eigenvalue weighted by atomic mass is 9.85. The molecule has 1 aromatic heterocycles. The number of rotatable bonds is 1. The molecule has 1 fully saturated rings. The molecule has 1 heterocycles. The molecule has 2 atom stereocenters. The van der Waals surface area contributed by atoms with E-state index in [9.17, 15) is 5.11 Å². The lowest BCUT2D eigenvalue weighted by Crippen LogP contribution is -2.21. The largest absolute Gasteiger partial charge is 0.392 e.